The van der Waals surface area contributed by atoms with Crippen LogP contribution in [0.15, 0.2) is 10.7 Å². The average Bonchev–Trinajstić information content (AvgIpc) is 2.96. The molecule has 2 heterocycles. The van der Waals surface area contributed by atoms with E-state index >= 15 is 0 Å². The van der Waals surface area contributed by atoms with Crippen LogP contribution in [0.4, 0.5) is 0 Å². The van der Waals surface area contributed by atoms with Crippen molar-refractivity contribution in [3.63, 3.8) is 0 Å². The highest BCUT2D eigenvalue weighted by molar-refractivity contribution is 5.92. The Kier molecular flexibility index (Phi) is 4.16. The van der Waals surface area contributed by atoms with E-state index in [0.29, 0.717) is 11.6 Å². The first-order valence-corrected chi connectivity index (χ1v) is 6.65. The van der Waals surface area contributed by atoms with E-state index in [9.17, 15) is 4.79 Å². The van der Waals surface area contributed by atoms with Crippen molar-refractivity contribution in [2.75, 3.05) is 0 Å². The molecule has 1 unspecified atom stereocenters. The topological polar surface area (TPSA) is 85.8 Å². The Hall–Kier alpha value is -2.18. The van der Waals surface area contributed by atoms with Gasteiger partial charge in [-0.25, -0.2) is 4.98 Å². The van der Waals surface area contributed by atoms with Gasteiger partial charge in [0.2, 0.25) is 5.76 Å². The van der Waals surface area contributed by atoms with Crippen molar-refractivity contribution in [3.05, 3.63) is 29.5 Å². The summed E-state index contributed by atoms with van der Waals surface area (Å²) in [5.41, 5.74) is 0.585. The molecule has 0 bridgehead atoms. The minimum atomic E-state index is -0.290. The highest BCUT2D eigenvalue weighted by atomic mass is 16.4. The summed E-state index contributed by atoms with van der Waals surface area (Å²) in [5.74, 6) is 1.17. The van der Waals surface area contributed by atoms with Crippen LogP contribution in [0.1, 0.15) is 54.3 Å². The van der Waals surface area contributed by atoms with E-state index in [1.165, 1.54) is 0 Å². The number of aromatic nitrogens is 4. The maximum atomic E-state index is 12.2. The lowest BCUT2D eigenvalue weighted by Crippen LogP contribution is -2.29. The zero-order valence-electron chi connectivity index (χ0n) is 12.2. The second-order valence-electron chi connectivity index (χ2n) is 4.73. The van der Waals surface area contributed by atoms with Crippen LogP contribution in [-0.2, 0) is 6.54 Å². The molecule has 0 aliphatic heterocycles. The first-order valence-electron chi connectivity index (χ1n) is 6.65. The fourth-order valence-electron chi connectivity index (χ4n) is 2.08. The number of aryl methyl sites for hydroxylation is 3. The SMILES string of the molecule is CCCn1cnnc1C(C)NC(=O)c1oc(C)nc1C. The number of hydrogen-bond acceptors (Lipinski definition) is 5. The maximum Gasteiger partial charge on any atom is 0.289 e. The summed E-state index contributed by atoms with van der Waals surface area (Å²) >= 11 is 0. The molecule has 1 atom stereocenters. The molecule has 2 aromatic rings. The van der Waals surface area contributed by atoms with Gasteiger partial charge in [0.1, 0.15) is 6.33 Å². The Morgan fingerprint density at radius 1 is 1.50 bits per heavy atom. The molecular formula is C13H19N5O2. The molecule has 0 fully saturated rings. The van der Waals surface area contributed by atoms with Crippen LogP contribution in [0.3, 0.4) is 0 Å². The summed E-state index contributed by atoms with van der Waals surface area (Å²) in [7, 11) is 0. The molecule has 7 nitrogen and oxygen atoms in total. The monoisotopic (exact) mass is 277 g/mol. The molecule has 0 radical (unpaired) electrons. The van der Waals surface area contributed by atoms with Gasteiger partial charge in [0.15, 0.2) is 11.7 Å². The number of rotatable bonds is 5. The average molecular weight is 277 g/mol. The van der Waals surface area contributed by atoms with Crippen molar-refractivity contribution in [3.8, 4) is 0 Å². The molecule has 0 aliphatic carbocycles. The molecule has 0 saturated heterocycles. The van der Waals surface area contributed by atoms with Gasteiger partial charge in [-0.1, -0.05) is 6.92 Å². The van der Waals surface area contributed by atoms with Gasteiger partial charge in [0.25, 0.3) is 5.91 Å². The number of nitrogens with one attached hydrogen (secondary N) is 1. The van der Waals surface area contributed by atoms with Crippen LogP contribution in [0, 0.1) is 13.8 Å². The van der Waals surface area contributed by atoms with E-state index < -0.39 is 0 Å². The predicted octanol–water partition coefficient (Wildman–Crippen LogP) is 1.78. The minimum absolute atomic E-state index is 0.246. The number of oxazole rings is 1. The number of amides is 1. The fraction of sp³-hybridized carbons (Fsp3) is 0.538. The lowest BCUT2D eigenvalue weighted by molar-refractivity contribution is 0.0907. The third-order valence-electron chi connectivity index (χ3n) is 2.95. The summed E-state index contributed by atoms with van der Waals surface area (Å²) in [4.78, 5) is 16.2. The molecule has 108 valence electrons. The molecule has 2 rings (SSSR count). The molecule has 0 aromatic carbocycles. The Bertz CT molecular complexity index is 602. The van der Waals surface area contributed by atoms with Gasteiger partial charge in [0, 0.05) is 13.5 Å². The first kappa shape index (κ1) is 14.2. The van der Waals surface area contributed by atoms with Crippen molar-refractivity contribution in [1.82, 2.24) is 25.1 Å². The summed E-state index contributed by atoms with van der Waals surface area (Å²) in [6, 6.07) is -0.249. The highest BCUT2D eigenvalue weighted by Gasteiger charge is 2.20. The quantitative estimate of drug-likeness (QED) is 0.900. The third kappa shape index (κ3) is 2.87. The number of hydrogen-bond donors (Lipinski definition) is 1. The second kappa shape index (κ2) is 5.85. The predicted molar refractivity (Wildman–Crippen MR) is 72.2 cm³/mol. The lowest BCUT2D eigenvalue weighted by atomic mass is 10.2. The van der Waals surface area contributed by atoms with E-state index in [1.807, 2.05) is 11.5 Å². The Labute approximate surface area is 117 Å². The van der Waals surface area contributed by atoms with Crippen LogP contribution in [0.5, 0.6) is 0 Å². The first-order chi connectivity index (χ1) is 9.52. The Balaban J connectivity index is 2.11. The zero-order valence-corrected chi connectivity index (χ0v) is 12.2. The molecule has 2 aromatic heterocycles. The van der Waals surface area contributed by atoms with Crippen molar-refractivity contribution < 1.29 is 9.21 Å². The smallest absolute Gasteiger partial charge is 0.289 e. The molecule has 0 aliphatic rings. The van der Waals surface area contributed by atoms with Crippen molar-refractivity contribution in [2.24, 2.45) is 0 Å². The molecule has 1 N–H and O–H groups in total. The third-order valence-corrected chi connectivity index (χ3v) is 2.95. The second-order valence-corrected chi connectivity index (χ2v) is 4.73. The van der Waals surface area contributed by atoms with E-state index in [1.54, 1.807) is 20.2 Å². The number of carbonyl (C=O) groups is 1. The standard InChI is InChI=1S/C13H19N5O2/c1-5-6-18-7-14-17-12(18)9(3)16-13(19)11-8(2)15-10(4)20-11/h7,9H,5-6H2,1-4H3,(H,16,19). The minimum Gasteiger partial charge on any atom is -0.436 e. The Morgan fingerprint density at radius 2 is 2.25 bits per heavy atom. The van der Waals surface area contributed by atoms with Crippen LogP contribution >= 0.6 is 0 Å². The molecule has 0 spiro atoms. The number of carbonyl (C=O) groups excluding carboxylic acids is 1. The van der Waals surface area contributed by atoms with Gasteiger partial charge in [-0.05, 0) is 20.3 Å². The lowest BCUT2D eigenvalue weighted by Gasteiger charge is -2.13. The van der Waals surface area contributed by atoms with E-state index in [2.05, 4.69) is 27.4 Å². The largest absolute Gasteiger partial charge is 0.436 e. The van der Waals surface area contributed by atoms with Gasteiger partial charge < -0.3 is 14.3 Å². The summed E-state index contributed by atoms with van der Waals surface area (Å²) in [5, 5.41) is 10.8. The van der Waals surface area contributed by atoms with Gasteiger partial charge in [0.05, 0.1) is 11.7 Å². The van der Waals surface area contributed by atoms with E-state index in [0.717, 1.165) is 18.8 Å². The summed E-state index contributed by atoms with van der Waals surface area (Å²) < 4.78 is 7.24. The van der Waals surface area contributed by atoms with Crippen molar-refractivity contribution in [1.29, 1.82) is 0 Å². The molecule has 20 heavy (non-hydrogen) atoms. The zero-order chi connectivity index (χ0) is 14.7. The molecule has 1 amide bonds. The van der Waals surface area contributed by atoms with Crippen LogP contribution in [-0.4, -0.2) is 25.7 Å². The number of nitrogens with zero attached hydrogens (tertiary/aromatic N) is 4. The fourth-order valence-corrected chi connectivity index (χ4v) is 2.08. The molecule has 0 saturated carbocycles. The van der Waals surface area contributed by atoms with Gasteiger partial charge in [-0.2, -0.15) is 0 Å². The van der Waals surface area contributed by atoms with Crippen LogP contribution in [0.2, 0.25) is 0 Å². The van der Waals surface area contributed by atoms with E-state index in [4.69, 9.17) is 4.42 Å². The van der Waals surface area contributed by atoms with Crippen molar-refractivity contribution in [2.45, 2.75) is 46.7 Å². The molecular weight excluding hydrogens is 258 g/mol. The van der Waals surface area contributed by atoms with Crippen molar-refractivity contribution >= 4 is 5.91 Å². The normalized spacial score (nSPS) is 12.4. The summed E-state index contributed by atoms with van der Waals surface area (Å²) in [6.07, 6.45) is 2.65. The van der Waals surface area contributed by atoms with Crippen LogP contribution in [0.25, 0.3) is 0 Å². The van der Waals surface area contributed by atoms with Gasteiger partial charge in [-0.3, -0.25) is 4.79 Å². The highest BCUT2D eigenvalue weighted by Crippen LogP contribution is 2.13. The van der Waals surface area contributed by atoms with Crippen LogP contribution < -0.4 is 5.32 Å². The summed E-state index contributed by atoms with van der Waals surface area (Å²) in [6.45, 7) is 8.23. The maximum absolute atomic E-state index is 12.2. The Morgan fingerprint density at radius 3 is 2.85 bits per heavy atom. The van der Waals surface area contributed by atoms with Gasteiger partial charge >= 0.3 is 0 Å². The van der Waals surface area contributed by atoms with E-state index in [-0.39, 0.29) is 17.7 Å². The molecule has 7 heteroatoms. The van der Waals surface area contributed by atoms with Gasteiger partial charge in [-0.15, -0.1) is 10.2 Å².